The fraction of sp³-hybridized carbons (Fsp3) is 0. The number of benzene rings is 10. The minimum Gasteiger partial charge on any atom is -0.0616 e. The van der Waals surface area contributed by atoms with E-state index in [0.29, 0.717) is 0 Å². The molecule has 10 aromatic rings. The molecule has 0 heteroatoms. The third-order valence-electron chi connectivity index (χ3n) is 11.2. The first-order valence-electron chi connectivity index (χ1n) is 18.1. The molecule has 0 radical (unpaired) electrons. The van der Waals surface area contributed by atoms with Gasteiger partial charge in [-0.2, -0.15) is 0 Å². The first-order chi connectivity index (χ1) is 25.8. The Hall–Kier alpha value is -6.76. The summed E-state index contributed by atoms with van der Waals surface area (Å²) in [6.07, 6.45) is 0. The molecule has 10 aromatic carbocycles. The highest BCUT2D eigenvalue weighted by molar-refractivity contribution is 6.24. The molecule has 0 unspecified atom stereocenters. The van der Waals surface area contributed by atoms with Crippen LogP contribution in [0.3, 0.4) is 0 Å². The second kappa shape index (κ2) is 11.4. The molecule has 1 aliphatic rings. The summed E-state index contributed by atoms with van der Waals surface area (Å²) in [5.74, 6) is 0. The van der Waals surface area contributed by atoms with Crippen molar-refractivity contribution in [3.8, 4) is 66.8 Å². The predicted octanol–water partition coefficient (Wildman–Crippen LogP) is 14.6. The Labute approximate surface area is 302 Å². The van der Waals surface area contributed by atoms with E-state index >= 15 is 0 Å². The van der Waals surface area contributed by atoms with E-state index in [9.17, 15) is 0 Å². The Kier molecular flexibility index (Phi) is 6.35. The predicted molar refractivity (Wildman–Crippen MR) is 223 cm³/mol. The lowest BCUT2D eigenvalue weighted by Crippen LogP contribution is -1.94. The maximum atomic E-state index is 2.35. The van der Waals surface area contributed by atoms with Gasteiger partial charge in [0, 0.05) is 0 Å². The van der Waals surface area contributed by atoms with Crippen LogP contribution in [0.4, 0.5) is 0 Å². The van der Waals surface area contributed by atoms with Crippen molar-refractivity contribution in [3.63, 3.8) is 0 Å². The zero-order chi connectivity index (χ0) is 34.2. The van der Waals surface area contributed by atoms with Gasteiger partial charge in [-0.25, -0.2) is 0 Å². The van der Waals surface area contributed by atoms with Crippen LogP contribution in [-0.2, 0) is 0 Å². The van der Waals surface area contributed by atoms with E-state index < -0.39 is 0 Å². The minimum absolute atomic E-state index is 1.22. The lowest BCUT2D eigenvalue weighted by Gasteiger charge is -2.21. The summed E-state index contributed by atoms with van der Waals surface area (Å²) < 4.78 is 0. The average Bonchev–Trinajstić information content (AvgIpc) is 3.34. The Morgan fingerprint density at radius 2 is 0.673 bits per heavy atom. The molecular weight excluding hydrogens is 625 g/mol. The van der Waals surface area contributed by atoms with Crippen molar-refractivity contribution in [3.05, 3.63) is 194 Å². The number of hydrogen-bond donors (Lipinski definition) is 0. The van der Waals surface area contributed by atoms with Crippen molar-refractivity contribution < 1.29 is 0 Å². The van der Waals surface area contributed by atoms with Gasteiger partial charge in [-0.05, 0) is 116 Å². The Morgan fingerprint density at radius 3 is 1.38 bits per heavy atom. The van der Waals surface area contributed by atoms with Gasteiger partial charge >= 0.3 is 0 Å². The molecule has 0 heterocycles. The summed E-state index contributed by atoms with van der Waals surface area (Å²) in [6, 6.07) is 71.9. The Balaban J connectivity index is 1.18. The standard InChI is InChI=1S/C52H32/c1-2-13-37-32-38(31-28-33(37)12-1)34-26-29-36(30-27-34)49-43-18-5-7-20-45(43)51(46-21-8-6-19-44(46)49)48-25-11-23-42-40-17-4-3-16-39(40)41-22-9-14-35-15-10-24-47(50(35)41)52(42)48/h1-32H. The maximum absolute atomic E-state index is 2.35. The van der Waals surface area contributed by atoms with Gasteiger partial charge in [-0.1, -0.05) is 188 Å². The summed E-state index contributed by atoms with van der Waals surface area (Å²) in [6.45, 7) is 0. The molecule has 0 bridgehead atoms. The van der Waals surface area contributed by atoms with Crippen molar-refractivity contribution in [1.82, 2.24) is 0 Å². The van der Waals surface area contributed by atoms with Crippen molar-refractivity contribution in [2.45, 2.75) is 0 Å². The van der Waals surface area contributed by atoms with Gasteiger partial charge in [0.15, 0.2) is 0 Å². The Bertz CT molecular complexity index is 2990. The van der Waals surface area contributed by atoms with E-state index in [0.717, 1.165) is 0 Å². The molecule has 0 N–H and O–H groups in total. The molecule has 0 saturated carbocycles. The second-order valence-electron chi connectivity index (χ2n) is 14.0. The molecule has 0 nitrogen and oxygen atoms in total. The van der Waals surface area contributed by atoms with Gasteiger partial charge in [0.1, 0.15) is 0 Å². The van der Waals surface area contributed by atoms with Crippen LogP contribution in [0.1, 0.15) is 0 Å². The lowest BCUT2D eigenvalue weighted by molar-refractivity contribution is 1.60. The lowest BCUT2D eigenvalue weighted by atomic mass is 9.81. The molecule has 0 spiro atoms. The van der Waals surface area contributed by atoms with E-state index in [1.54, 1.807) is 0 Å². The fourth-order valence-electron chi connectivity index (χ4n) is 8.93. The molecule has 0 atom stereocenters. The first kappa shape index (κ1) is 29.0. The Morgan fingerprint density at radius 1 is 0.212 bits per heavy atom. The van der Waals surface area contributed by atoms with Crippen LogP contribution in [0.2, 0.25) is 0 Å². The highest BCUT2D eigenvalue weighted by Crippen LogP contribution is 2.53. The minimum atomic E-state index is 1.22. The summed E-state index contributed by atoms with van der Waals surface area (Å²) in [7, 11) is 0. The van der Waals surface area contributed by atoms with Crippen molar-refractivity contribution in [1.29, 1.82) is 0 Å². The highest BCUT2D eigenvalue weighted by Gasteiger charge is 2.26. The van der Waals surface area contributed by atoms with E-state index in [4.69, 9.17) is 0 Å². The smallest absolute Gasteiger partial charge is 0.00197 e. The fourth-order valence-corrected chi connectivity index (χ4v) is 8.93. The van der Waals surface area contributed by atoms with Crippen LogP contribution in [0.15, 0.2) is 194 Å². The largest absolute Gasteiger partial charge is 0.0616 e. The van der Waals surface area contributed by atoms with Gasteiger partial charge in [-0.15, -0.1) is 0 Å². The van der Waals surface area contributed by atoms with Gasteiger partial charge in [-0.3, -0.25) is 0 Å². The van der Waals surface area contributed by atoms with Crippen LogP contribution in [0.25, 0.3) is 110 Å². The van der Waals surface area contributed by atoms with Gasteiger partial charge in [0.25, 0.3) is 0 Å². The van der Waals surface area contributed by atoms with Gasteiger partial charge < -0.3 is 0 Å². The third kappa shape index (κ3) is 4.28. The molecule has 0 saturated heterocycles. The van der Waals surface area contributed by atoms with Gasteiger partial charge in [0.05, 0.1) is 0 Å². The van der Waals surface area contributed by atoms with Gasteiger partial charge in [0.2, 0.25) is 0 Å². The molecule has 0 fully saturated rings. The SMILES string of the molecule is c1ccc2c(c1)-c1cccc(-c3c4ccccc4c(-c4ccc(-c5ccc6ccccc6c5)cc4)c4ccccc34)c1-c1cccc3cccc-2c13. The summed E-state index contributed by atoms with van der Waals surface area (Å²) >= 11 is 0. The van der Waals surface area contributed by atoms with E-state index in [1.807, 2.05) is 0 Å². The molecule has 0 amide bonds. The van der Waals surface area contributed by atoms with Crippen LogP contribution in [0, 0.1) is 0 Å². The molecule has 0 aromatic heterocycles. The van der Waals surface area contributed by atoms with Crippen LogP contribution < -0.4 is 0 Å². The van der Waals surface area contributed by atoms with Crippen LogP contribution in [-0.4, -0.2) is 0 Å². The highest BCUT2D eigenvalue weighted by atomic mass is 14.3. The summed E-state index contributed by atoms with van der Waals surface area (Å²) in [5.41, 5.74) is 15.2. The molecule has 0 aliphatic heterocycles. The average molecular weight is 657 g/mol. The topological polar surface area (TPSA) is 0 Å². The van der Waals surface area contributed by atoms with E-state index in [2.05, 4.69) is 194 Å². The molecule has 1 aliphatic carbocycles. The second-order valence-corrected chi connectivity index (χ2v) is 14.0. The zero-order valence-corrected chi connectivity index (χ0v) is 28.5. The van der Waals surface area contributed by atoms with Crippen molar-refractivity contribution in [2.75, 3.05) is 0 Å². The number of hydrogen-bond acceptors (Lipinski definition) is 0. The van der Waals surface area contributed by atoms with Crippen molar-refractivity contribution in [2.24, 2.45) is 0 Å². The third-order valence-corrected chi connectivity index (χ3v) is 11.2. The van der Waals surface area contributed by atoms with E-state index in [1.165, 1.54) is 110 Å². The molecule has 11 rings (SSSR count). The monoisotopic (exact) mass is 656 g/mol. The van der Waals surface area contributed by atoms with Crippen LogP contribution in [0.5, 0.6) is 0 Å². The summed E-state index contributed by atoms with van der Waals surface area (Å²) in [4.78, 5) is 0. The van der Waals surface area contributed by atoms with Crippen molar-refractivity contribution >= 4 is 43.1 Å². The number of rotatable bonds is 3. The quantitative estimate of drug-likeness (QED) is 0.166. The normalized spacial score (nSPS) is 11.8. The van der Waals surface area contributed by atoms with E-state index in [-0.39, 0.29) is 0 Å². The first-order valence-corrected chi connectivity index (χ1v) is 18.1. The summed E-state index contributed by atoms with van der Waals surface area (Å²) in [5, 5.41) is 10.2. The number of fused-ring (bicyclic) bond motifs is 8. The molecule has 52 heavy (non-hydrogen) atoms. The molecular formula is C52H32. The van der Waals surface area contributed by atoms with Crippen LogP contribution >= 0.6 is 0 Å². The molecule has 240 valence electrons. The zero-order valence-electron chi connectivity index (χ0n) is 28.5. The maximum Gasteiger partial charge on any atom is -0.00197 e.